The molecule has 3 aromatic carbocycles. The summed E-state index contributed by atoms with van der Waals surface area (Å²) >= 11 is 12.2. The topological polar surface area (TPSA) is 97.3 Å². The summed E-state index contributed by atoms with van der Waals surface area (Å²) in [6.07, 6.45) is 2.19. The number of rotatable bonds is 6. The lowest BCUT2D eigenvalue weighted by Crippen LogP contribution is -2.39. The fraction of sp³-hybridized carbons (Fsp3) is 0.192. The minimum atomic E-state index is -1.04. The average molecular weight is 510 g/mol. The van der Waals surface area contributed by atoms with E-state index in [4.69, 9.17) is 28.6 Å². The van der Waals surface area contributed by atoms with Crippen molar-refractivity contribution in [1.29, 1.82) is 5.41 Å². The number of hydrogen-bond acceptors (Lipinski definition) is 3. The molecule has 1 saturated heterocycles. The zero-order valence-electron chi connectivity index (χ0n) is 18.9. The van der Waals surface area contributed by atoms with Gasteiger partial charge < -0.3 is 20.9 Å². The predicted molar refractivity (Wildman–Crippen MR) is 141 cm³/mol. The lowest BCUT2D eigenvalue weighted by atomic mass is 10.1. The van der Waals surface area contributed by atoms with Crippen molar-refractivity contribution < 1.29 is 9.59 Å². The van der Waals surface area contributed by atoms with Crippen LogP contribution >= 0.6 is 23.2 Å². The van der Waals surface area contributed by atoms with Gasteiger partial charge in [0, 0.05) is 45.6 Å². The zero-order chi connectivity index (χ0) is 24.8. The normalized spacial score (nSPS) is 13.7. The molecule has 4 rings (SSSR count). The number of halogens is 2. The molecule has 3 aromatic rings. The molecule has 1 atom stereocenters. The lowest BCUT2D eigenvalue weighted by Gasteiger charge is -2.21. The van der Waals surface area contributed by atoms with Crippen molar-refractivity contribution in [3.05, 3.63) is 94.0 Å². The minimum absolute atomic E-state index is 0.355. The van der Waals surface area contributed by atoms with E-state index in [9.17, 15) is 9.59 Å². The monoisotopic (exact) mass is 509 g/mol. The first-order chi connectivity index (χ1) is 16.9. The smallest absolute Gasteiger partial charge is 0.320 e. The lowest BCUT2D eigenvalue weighted by molar-refractivity contribution is -0.118. The van der Waals surface area contributed by atoms with E-state index >= 15 is 0 Å². The van der Waals surface area contributed by atoms with Crippen LogP contribution in [0.25, 0.3) is 0 Å². The molecule has 1 aliphatic heterocycles. The molecule has 180 valence electrons. The summed E-state index contributed by atoms with van der Waals surface area (Å²) in [5.74, 6) is 0.0292. The highest BCUT2D eigenvalue weighted by molar-refractivity contribution is 6.31. The van der Waals surface area contributed by atoms with E-state index in [0.29, 0.717) is 32.8 Å². The predicted octanol–water partition coefficient (Wildman–Crippen LogP) is 5.92. The first-order valence-corrected chi connectivity index (χ1v) is 12.0. The fourth-order valence-electron chi connectivity index (χ4n) is 3.87. The molecule has 0 saturated carbocycles. The Bertz CT molecular complexity index is 1210. The summed E-state index contributed by atoms with van der Waals surface area (Å²) in [5.41, 5.74) is 2.32. The summed E-state index contributed by atoms with van der Waals surface area (Å²) in [6, 6.07) is 19.0. The van der Waals surface area contributed by atoms with E-state index in [1.54, 1.807) is 72.8 Å². The molecule has 0 bridgehead atoms. The van der Waals surface area contributed by atoms with Gasteiger partial charge in [-0.1, -0.05) is 41.4 Å². The second-order valence-electron chi connectivity index (χ2n) is 8.17. The molecule has 1 unspecified atom stereocenters. The molecule has 0 radical (unpaired) electrons. The van der Waals surface area contributed by atoms with Crippen LogP contribution in [-0.2, 0) is 4.79 Å². The number of nitrogens with zero attached hydrogens (tertiary/aromatic N) is 1. The molecule has 1 heterocycles. The van der Waals surface area contributed by atoms with Gasteiger partial charge in [-0.05, 0) is 67.4 Å². The third-order valence-electron chi connectivity index (χ3n) is 5.70. The fourth-order valence-corrected chi connectivity index (χ4v) is 4.25. The Labute approximate surface area is 213 Å². The molecular weight excluding hydrogens is 485 g/mol. The number of carbonyl (C=O) groups is 2. The molecule has 0 aromatic heterocycles. The van der Waals surface area contributed by atoms with Crippen molar-refractivity contribution in [2.75, 3.05) is 23.7 Å². The summed E-state index contributed by atoms with van der Waals surface area (Å²) in [6.45, 7) is 1.78. The van der Waals surface area contributed by atoms with E-state index in [0.717, 1.165) is 31.5 Å². The van der Waals surface area contributed by atoms with Crippen molar-refractivity contribution in [3.63, 3.8) is 0 Å². The molecular formula is C26H25Cl2N5O2. The highest BCUT2D eigenvalue weighted by atomic mass is 35.5. The summed E-state index contributed by atoms with van der Waals surface area (Å²) in [4.78, 5) is 28.0. The van der Waals surface area contributed by atoms with Crippen LogP contribution in [0.2, 0.25) is 10.0 Å². The number of hydrogen-bond donors (Lipinski definition) is 4. The van der Waals surface area contributed by atoms with Gasteiger partial charge in [-0.15, -0.1) is 0 Å². The quantitative estimate of drug-likeness (QED) is 0.245. The Morgan fingerprint density at radius 2 is 1.43 bits per heavy atom. The number of amidine groups is 1. The standard InChI is InChI=1S/C26H25Cl2N5O2/c27-18-9-13-20(14-10-18)31-26(35)32-23(21-5-1-2-6-22(21)28)25(34)30-19-11-7-17(8-12-19)24(29)33-15-3-4-16-33/h1-2,5-14,23,29H,3-4,15-16H2,(H,30,34)(H2,31,32,35). The van der Waals surface area contributed by atoms with Crippen LogP contribution in [0.5, 0.6) is 0 Å². The van der Waals surface area contributed by atoms with E-state index in [-0.39, 0.29) is 0 Å². The van der Waals surface area contributed by atoms with E-state index in [1.165, 1.54) is 0 Å². The number of anilines is 2. The van der Waals surface area contributed by atoms with Gasteiger partial charge in [0.2, 0.25) is 0 Å². The van der Waals surface area contributed by atoms with Gasteiger partial charge in [0.15, 0.2) is 0 Å². The average Bonchev–Trinajstić information content (AvgIpc) is 3.40. The van der Waals surface area contributed by atoms with Gasteiger partial charge in [0.05, 0.1) is 0 Å². The van der Waals surface area contributed by atoms with Gasteiger partial charge in [0.1, 0.15) is 11.9 Å². The number of nitrogens with one attached hydrogen (secondary N) is 4. The number of urea groups is 1. The molecule has 1 aliphatic rings. The van der Waals surface area contributed by atoms with Crippen molar-refractivity contribution in [3.8, 4) is 0 Å². The van der Waals surface area contributed by atoms with Crippen LogP contribution in [-0.4, -0.2) is 35.8 Å². The second kappa shape index (κ2) is 11.3. The number of carbonyl (C=O) groups excluding carboxylic acids is 2. The SMILES string of the molecule is N=C(c1ccc(NC(=O)C(NC(=O)Nc2ccc(Cl)cc2)c2ccccc2Cl)cc1)N1CCCC1. The number of likely N-dealkylation sites (tertiary alicyclic amines) is 1. The van der Waals surface area contributed by atoms with Gasteiger partial charge in [0.25, 0.3) is 5.91 Å². The summed E-state index contributed by atoms with van der Waals surface area (Å²) in [7, 11) is 0. The van der Waals surface area contributed by atoms with Crippen LogP contribution in [0.1, 0.15) is 30.0 Å². The maximum atomic E-state index is 13.2. The number of amides is 3. The largest absolute Gasteiger partial charge is 0.357 e. The zero-order valence-corrected chi connectivity index (χ0v) is 20.4. The molecule has 0 spiro atoms. The second-order valence-corrected chi connectivity index (χ2v) is 9.01. The maximum absolute atomic E-state index is 13.2. The van der Waals surface area contributed by atoms with Crippen LogP contribution in [0, 0.1) is 5.41 Å². The van der Waals surface area contributed by atoms with Gasteiger partial charge >= 0.3 is 6.03 Å². The first-order valence-electron chi connectivity index (χ1n) is 11.2. The summed E-state index contributed by atoms with van der Waals surface area (Å²) in [5, 5.41) is 17.5. The molecule has 9 heteroatoms. The van der Waals surface area contributed by atoms with E-state index in [1.807, 2.05) is 4.90 Å². The molecule has 1 fully saturated rings. The Kier molecular flexibility index (Phi) is 7.90. The molecule has 35 heavy (non-hydrogen) atoms. The van der Waals surface area contributed by atoms with Crippen LogP contribution in [0.4, 0.5) is 16.2 Å². The Hall–Kier alpha value is -3.55. The molecule has 3 amide bonds. The van der Waals surface area contributed by atoms with Gasteiger partial charge in [-0.3, -0.25) is 10.2 Å². The van der Waals surface area contributed by atoms with Gasteiger partial charge in [-0.2, -0.15) is 0 Å². The first kappa shape index (κ1) is 24.6. The van der Waals surface area contributed by atoms with Crippen molar-refractivity contribution in [2.24, 2.45) is 0 Å². The van der Waals surface area contributed by atoms with Crippen LogP contribution in [0.15, 0.2) is 72.8 Å². The minimum Gasteiger partial charge on any atom is -0.357 e. The van der Waals surface area contributed by atoms with Crippen molar-refractivity contribution in [2.45, 2.75) is 18.9 Å². The number of benzene rings is 3. The summed E-state index contributed by atoms with van der Waals surface area (Å²) < 4.78 is 0. The van der Waals surface area contributed by atoms with Crippen molar-refractivity contribution in [1.82, 2.24) is 10.2 Å². The van der Waals surface area contributed by atoms with E-state index < -0.39 is 18.0 Å². The maximum Gasteiger partial charge on any atom is 0.320 e. The Morgan fingerprint density at radius 1 is 0.829 bits per heavy atom. The molecule has 7 nitrogen and oxygen atoms in total. The van der Waals surface area contributed by atoms with Crippen molar-refractivity contribution >= 4 is 52.4 Å². The highest BCUT2D eigenvalue weighted by Crippen LogP contribution is 2.25. The Balaban J connectivity index is 1.48. The highest BCUT2D eigenvalue weighted by Gasteiger charge is 2.25. The molecule has 4 N–H and O–H groups in total. The third-order valence-corrected chi connectivity index (χ3v) is 6.30. The van der Waals surface area contributed by atoms with E-state index in [2.05, 4.69) is 16.0 Å². The van der Waals surface area contributed by atoms with Crippen LogP contribution < -0.4 is 16.0 Å². The molecule has 0 aliphatic carbocycles. The Morgan fingerprint density at radius 3 is 2.09 bits per heavy atom. The third kappa shape index (κ3) is 6.32. The van der Waals surface area contributed by atoms with Crippen LogP contribution in [0.3, 0.4) is 0 Å². The van der Waals surface area contributed by atoms with Gasteiger partial charge in [-0.25, -0.2) is 4.79 Å².